The zero-order chi connectivity index (χ0) is 19.8. The van der Waals surface area contributed by atoms with E-state index in [-0.39, 0.29) is 12.4 Å². The molecule has 10 nitrogen and oxygen atoms in total. The van der Waals surface area contributed by atoms with Crippen LogP contribution >= 0.6 is 0 Å². The van der Waals surface area contributed by atoms with Crippen LogP contribution in [0.4, 0.5) is 11.5 Å². The molecule has 1 aliphatic rings. The van der Waals surface area contributed by atoms with Gasteiger partial charge in [-0.05, 0) is 19.1 Å². The largest absolute Gasteiger partial charge is 0.508 e. The Bertz CT molecular complexity index is 994. The third-order valence-corrected chi connectivity index (χ3v) is 4.58. The van der Waals surface area contributed by atoms with Crippen molar-refractivity contribution >= 4 is 22.7 Å². The number of methoxy groups -OCH3 is 1. The Hall–Kier alpha value is -2.79. The fraction of sp³-hybridized carbons (Fsp3) is 0.389. The minimum absolute atomic E-state index is 0.123. The van der Waals surface area contributed by atoms with Crippen molar-refractivity contribution in [3.05, 3.63) is 36.4 Å². The molecule has 0 saturated carbocycles. The minimum Gasteiger partial charge on any atom is -0.508 e. The molecule has 28 heavy (non-hydrogen) atoms. The number of nitrogens with one attached hydrogen (secondary N) is 1. The number of ether oxygens (including phenoxy) is 2. The molecule has 4 atom stereocenters. The lowest BCUT2D eigenvalue weighted by atomic mass is 10.1. The standard InChI is InChI=1S/C18H21N5O5/c1-9-20-16(22-10-4-3-5-11(24)6-10)13-17(21-9)23(8-19-13)18-15(26)14(25)12(28-18)7-27-2/h3-6,8,12,14-15,18,24-26H,7H2,1-2H3,(H,20,21,22)/t12-,14-,15-,18-/m1/s1. The molecule has 1 aromatic carbocycles. The number of imidazole rings is 1. The second-order valence-corrected chi connectivity index (χ2v) is 6.62. The van der Waals surface area contributed by atoms with Crippen LogP contribution in [0.25, 0.3) is 11.2 Å². The number of rotatable bonds is 5. The van der Waals surface area contributed by atoms with Crippen LogP contribution in [0, 0.1) is 6.92 Å². The van der Waals surface area contributed by atoms with Crippen LogP contribution in [0.3, 0.4) is 0 Å². The highest BCUT2D eigenvalue weighted by Gasteiger charge is 2.44. The molecule has 0 bridgehead atoms. The molecule has 0 radical (unpaired) electrons. The highest BCUT2D eigenvalue weighted by atomic mass is 16.6. The topological polar surface area (TPSA) is 135 Å². The van der Waals surface area contributed by atoms with E-state index in [9.17, 15) is 15.3 Å². The summed E-state index contributed by atoms with van der Waals surface area (Å²) in [5.41, 5.74) is 1.56. The molecule has 0 spiro atoms. The molecule has 148 valence electrons. The maximum atomic E-state index is 10.4. The lowest BCUT2D eigenvalue weighted by Crippen LogP contribution is -2.33. The summed E-state index contributed by atoms with van der Waals surface area (Å²) in [4.78, 5) is 13.2. The van der Waals surface area contributed by atoms with Gasteiger partial charge in [-0.3, -0.25) is 4.57 Å². The van der Waals surface area contributed by atoms with Gasteiger partial charge in [0.1, 0.15) is 29.9 Å². The van der Waals surface area contributed by atoms with E-state index in [4.69, 9.17) is 9.47 Å². The number of nitrogens with zero attached hydrogens (tertiary/aromatic N) is 4. The number of benzene rings is 1. The predicted octanol–water partition coefficient (Wildman–Crippen LogP) is 0.850. The van der Waals surface area contributed by atoms with E-state index >= 15 is 0 Å². The molecule has 4 N–H and O–H groups in total. The van der Waals surface area contributed by atoms with Crippen molar-refractivity contribution in [3.8, 4) is 5.75 Å². The lowest BCUT2D eigenvalue weighted by molar-refractivity contribution is -0.0580. The fourth-order valence-electron chi connectivity index (χ4n) is 3.28. The maximum Gasteiger partial charge on any atom is 0.167 e. The van der Waals surface area contributed by atoms with E-state index in [2.05, 4.69) is 20.3 Å². The van der Waals surface area contributed by atoms with Crippen LogP contribution in [0.1, 0.15) is 12.1 Å². The van der Waals surface area contributed by atoms with Gasteiger partial charge in [-0.15, -0.1) is 0 Å². The zero-order valence-electron chi connectivity index (χ0n) is 15.4. The van der Waals surface area contributed by atoms with Crippen molar-refractivity contribution in [3.63, 3.8) is 0 Å². The Morgan fingerprint density at radius 1 is 1.25 bits per heavy atom. The predicted molar refractivity (Wildman–Crippen MR) is 99.2 cm³/mol. The van der Waals surface area contributed by atoms with E-state index in [1.807, 2.05) is 0 Å². The Morgan fingerprint density at radius 2 is 2.07 bits per heavy atom. The SMILES string of the molecule is COC[C@H]1O[C@@H](n2cnc3c(Nc4cccc(O)c4)nc(C)nc32)[C@H](O)[C@@H]1O. The molecule has 2 aromatic heterocycles. The monoisotopic (exact) mass is 387 g/mol. The van der Waals surface area contributed by atoms with E-state index in [0.29, 0.717) is 28.5 Å². The van der Waals surface area contributed by atoms with Crippen molar-refractivity contribution in [2.75, 3.05) is 19.0 Å². The summed E-state index contributed by atoms with van der Waals surface area (Å²) < 4.78 is 12.4. The molecule has 1 saturated heterocycles. The van der Waals surface area contributed by atoms with Crippen LogP contribution in [0.5, 0.6) is 5.75 Å². The molecule has 1 fully saturated rings. The fourth-order valence-corrected chi connectivity index (χ4v) is 3.28. The molecule has 10 heteroatoms. The third-order valence-electron chi connectivity index (χ3n) is 4.58. The summed E-state index contributed by atoms with van der Waals surface area (Å²) in [6, 6.07) is 6.63. The molecular weight excluding hydrogens is 366 g/mol. The van der Waals surface area contributed by atoms with Crippen LogP contribution < -0.4 is 5.32 Å². The number of phenolic OH excluding ortho intramolecular Hbond substituents is 1. The molecule has 3 aromatic rings. The molecule has 3 heterocycles. The average Bonchev–Trinajstić information content (AvgIpc) is 3.18. The molecular formula is C18H21N5O5. The summed E-state index contributed by atoms with van der Waals surface area (Å²) in [5.74, 6) is 1.06. The summed E-state index contributed by atoms with van der Waals surface area (Å²) >= 11 is 0. The van der Waals surface area contributed by atoms with Crippen LogP contribution in [-0.2, 0) is 9.47 Å². The number of aromatic hydroxyl groups is 1. The highest BCUT2D eigenvalue weighted by molar-refractivity contribution is 5.85. The Balaban J connectivity index is 1.71. The third kappa shape index (κ3) is 3.27. The molecule has 1 aliphatic heterocycles. The van der Waals surface area contributed by atoms with Gasteiger partial charge >= 0.3 is 0 Å². The van der Waals surface area contributed by atoms with Gasteiger partial charge in [0.15, 0.2) is 23.2 Å². The first-order chi connectivity index (χ1) is 13.5. The first kappa shape index (κ1) is 18.6. The number of aliphatic hydroxyl groups is 2. The zero-order valence-corrected chi connectivity index (χ0v) is 15.4. The van der Waals surface area contributed by atoms with Gasteiger partial charge in [0, 0.05) is 18.9 Å². The number of hydrogen-bond donors (Lipinski definition) is 4. The average molecular weight is 387 g/mol. The van der Waals surface area contributed by atoms with Gasteiger partial charge in [0.05, 0.1) is 12.9 Å². The number of hydrogen-bond acceptors (Lipinski definition) is 9. The maximum absolute atomic E-state index is 10.4. The lowest BCUT2D eigenvalue weighted by Gasteiger charge is -2.17. The normalized spacial score (nSPS) is 24.7. The van der Waals surface area contributed by atoms with Gasteiger partial charge in [0.25, 0.3) is 0 Å². The van der Waals surface area contributed by atoms with Gasteiger partial charge in [-0.25, -0.2) is 15.0 Å². The van der Waals surface area contributed by atoms with E-state index in [1.165, 1.54) is 13.4 Å². The van der Waals surface area contributed by atoms with Crippen molar-refractivity contribution < 1.29 is 24.8 Å². The molecule has 0 aliphatic carbocycles. The number of fused-ring (bicyclic) bond motifs is 1. The first-order valence-electron chi connectivity index (χ1n) is 8.75. The highest BCUT2D eigenvalue weighted by Crippen LogP contribution is 2.33. The number of aromatic nitrogens is 4. The summed E-state index contributed by atoms with van der Waals surface area (Å²) in [6.07, 6.45) is -2.27. The molecule has 0 amide bonds. The number of anilines is 2. The van der Waals surface area contributed by atoms with Crippen LogP contribution in [-0.4, -0.2) is 66.9 Å². The Kier molecular flexibility index (Phi) is 4.85. The molecule has 4 rings (SSSR count). The number of aryl methyl sites for hydroxylation is 1. The second kappa shape index (κ2) is 7.32. The van der Waals surface area contributed by atoms with Gasteiger partial charge in [-0.1, -0.05) is 6.07 Å². The van der Waals surface area contributed by atoms with Gasteiger partial charge in [0.2, 0.25) is 0 Å². The van der Waals surface area contributed by atoms with E-state index in [0.717, 1.165) is 0 Å². The van der Waals surface area contributed by atoms with Gasteiger partial charge in [-0.2, -0.15) is 0 Å². The molecule has 0 unspecified atom stereocenters. The second-order valence-electron chi connectivity index (χ2n) is 6.62. The summed E-state index contributed by atoms with van der Waals surface area (Å²) in [5, 5.41) is 33.4. The number of aliphatic hydroxyl groups excluding tert-OH is 2. The van der Waals surface area contributed by atoms with Crippen molar-refractivity contribution in [1.82, 2.24) is 19.5 Å². The van der Waals surface area contributed by atoms with E-state index in [1.54, 1.807) is 35.8 Å². The van der Waals surface area contributed by atoms with Crippen LogP contribution in [0.15, 0.2) is 30.6 Å². The first-order valence-corrected chi connectivity index (χ1v) is 8.75. The Labute approximate surface area is 160 Å². The Morgan fingerprint density at radius 3 is 2.82 bits per heavy atom. The quantitative estimate of drug-likeness (QED) is 0.502. The van der Waals surface area contributed by atoms with Crippen LogP contribution in [0.2, 0.25) is 0 Å². The smallest absolute Gasteiger partial charge is 0.167 e. The summed E-state index contributed by atoms with van der Waals surface area (Å²) in [6.45, 7) is 1.89. The number of phenols is 1. The van der Waals surface area contributed by atoms with Crippen molar-refractivity contribution in [2.24, 2.45) is 0 Å². The minimum atomic E-state index is -1.16. The van der Waals surface area contributed by atoms with E-state index < -0.39 is 24.5 Å². The van der Waals surface area contributed by atoms with Gasteiger partial charge < -0.3 is 30.1 Å². The van der Waals surface area contributed by atoms with Crippen molar-refractivity contribution in [1.29, 1.82) is 0 Å². The summed E-state index contributed by atoms with van der Waals surface area (Å²) in [7, 11) is 1.50. The van der Waals surface area contributed by atoms with Crippen molar-refractivity contribution in [2.45, 2.75) is 31.5 Å².